The van der Waals surface area contributed by atoms with E-state index < -0.39 is 18.3 Å². The first-order valence-corrected chi connectivity index (χ1v) is 8.30. The van der Waals surface area contributed by atoms with Crippen LogP contribution < -0.4 is 5.46 Å². The number of nitrogens with zero attached hydrogens (tertiary/aromatic N) is 2. The molecule has 128 valence electrons. The summed E-state index contributed by atoms with van der Waals surface area (Å²) in [7, 11) is -0.479. The second-order valence-electron chi connectivity index (χ2n) is 7.19. The number of halogens is 2. The minimum absolute atomic E-state index is 0.298. The van der Waals surface area contributed by atoms with Crippen LogP contribution in [0.5, 0.6) is 0 Å². The Bertz CT molecular complexity index is 760. The summed E-state index contributed by atoms with van der Waals surface area (Å²) in [6, 6.07) is 4.51. The molecule has 1 aliphatic rings. The normalized spacial score (nSPS) is 19.0. The number of hydrogen-bond acceptors (Lipinski definition) is 3. The first kappa shape index (κ1) is 17.5. The Hall–Kier alpha value is -1.37. The summed E-state index contributed by atoms with van der Waals surface area (Å²) in [5.41, 5.74) is 1.33. The molecule has 0 spiro atoms. The van der Waals surface area contributed by atoms with Crippen LogP contribution in [0.4, 0.5) is 4.39 Å². The third-order valence-electron chi connectivity index (χ3n) is 4.83. The minimum Gasteiger partial charge on any atom is -0.399 e. The largest absolute Gasteiger partial charge is 0.498 e. The third-order valence-corrected chi connectivity index (χ3v) is 5.07. The monoisotopic (exact) mass is 350 g/mol. The van der Waals surface area contributed by atoms with Crippen LogP contribution in [0.15, 0.2) is 24.4 Å². The topological polar surface area (TPSA) is 36.3 Å². The second kappa shape index (κ2) is 5.86. The molecule has 0 unspecified atom stereocenters. The van der Waals surface area contributed by atoms with Gasteiger partial charge >= 0.3 is 7.12 Å². The van der Waals surface area contributed by atoms with Crippen molar-refractivity contribution >= 4 is 24.2 Å². The predicted octanol–water partition coefficient (Wildman–Crippen LogP) is 3.33. The van der Waals surface area contributed by atoms with Crippen LogP contribution in [0, 0.1) is 12.7 Å². The molecule has 2 aromatic rings. The molecule has 0 saturated carbocycles. The van der Waals surface area contributed by atoms with Crippen LogP contribution in [-0.2, 0) is 15.9 Å². The molecule has 0 bridgehead atoms. The van der Waals surface area contributed by atoms with E-state index in [9.17, 15) is 4.39 Å². The van der Waals surface area contributed by atoms with Crippen LogP contribution in [-0.4, -0.2) is 28.1 Å². The first-order chi connectivity index (χ1) is 11.1. The van der Waals surface area contributed by atoms with Gasteiger partial charge in [-0.1, -0.05) is 11.6 Å². The Morgan fingerprint density at radius 1 is 1.21 bits per heavy atom. The van der Waals surface area contributed by atoms with Gasteiger partial charge in [0, 0.05) is 22.2 Å². The van der Waals surface area contributed by atoms with Gasteiger partial charge in [0.25, 0.3) is 0 Å². The molecule has 2 heterocycles. The Morgan fingerprint density at radius 3 is 2.46 bits per heavy atom. The summed E-state index contributed by atoms with van der Waals surface area (Å²) < 4.78 is 27.7. The van der Waals surface area contributed by atoms with E-state index in [1.54, 1.807) is 10.7 Å². The smallest absolute Gasteiger partial charge is 0.399 e. The van der Waals surface area contributed by atoms with Gasteiger partial charge in [0.15, 0.2) is 0 Å². The van der Waals surface area contributed by atoms with Crippen LogP contribution in [0.2, 0.25) is 5.02 Å². The molecule has 24 heavy (non-hydrogen) atoms. The zero-order valence-electron chi connectivity index (χ0n) is 14.6. The fourth-order valence-corrected chi connectivity index (χ4v) is 2.85. The summed E-state index contributed by atoms with van der Waals surface area (Å²) in [4.78, 5) is 0. The quantitative estimate of drug-likeness (QED) is 0.797. The highest BCUT2D eigenvalue weighted by molar-refractivity contribution is 6.62. The van der Waals surface area contributed by atoms with E-state index >= 15 is 0 Å². The molecule has 1 aromatic carbocycles. The van der Waals surface area contributed by atoms with Gasteiger partial charge in [0.1, 0.15) is 5.82 Å². The van der Waals surface area contributed by atoms with Gasteiger partial charge in [-0.2, -0.15) is 5.10 Å². The molecule has 1 fully saturated rings. The molecule has 0 N–H and O–H groups in total. The zero-order valence-corrected chi connectivity index (χ0v) is 15.3. The van der Waals surface area contributed by atoms with Gasteiger partial charge in [-0.25, -0.2) is 4.39 Å². The molecule has 1 saturated heterocycles. The van der Waals surface area contributed by atoms with Crippen LogP contribution in [0.25, 0.3) is 0 Å². The summed E-state index contributed by atoms with van der Waals surface area (Å²) >= 11 is 5.95. The molecular weight excluding hydrogens is 329 g/mol. The highest BCUT2D eigenvalue weighted by Gasteiger charge is 2.52. The average Bonchev–Trinajstić information content (AvgIpc) is 2.91. The number of aromatic nitrogens is 2. The molecule has 0 aliphatic carbocycles. The summed E-state index contributed by atoms with van der Waals surface area (Å²) in [6.07, 6.45) is 1.85. The van der Waals surface area contributed by atoms with Crippen LogP contribution in [0.1, 0.15) is 39.0 Å². The first-order valence-electron chi connectivity index (χ1n) is 7.92. The van der Waals surface area contributed by atoms with E-state index in [-0.39, 0.29) is 5.82 Å². The third kappa shape index (κ3) is 3.10. The lowest BCUT2D eigenvalue weighted by Gasteiger charge is -2.32. The molecule has 4 nitrogen and oxygen atoms in total. The lowest BCUT2D eigenvalue weighted by atomic mass is 9.79. The highest BCUT2D eigenvalue weighted by Crippen LogP contribution is 2.36. The van der Waals surface area contributed by atoms with Crippen LogP contribution >= 0.6 is 11.6 Å². The summed E-state index contributed by atoms with van der Waals surface area (Å²) in [5.74, 6) is -0.301. The SMILES string of the molecule is Cc1nn(Cc2cc(Cl)ccc2F)cc1B1OC(C)(C)C(C)(C)O1. The van der Waals surface area contributed by atoms with Crippen molar-refractivity contribution in [3.63, 3.8) is 0 Å². The Labute approximate surface area is 147 Å². The van der Waals surface area contributed by atoms with Gasteiger partial charge in [-0.05, 0) is 52.8 Å². The standard InChI is InChI=1S/C17H21BClFN2O2/c1-11-14(18-23-16(2,3)17(4,5)24-18)10-22(21-11)9-12-8-13(19)6-7-15(12)20/h6-8,10H,9H2,1-5H3. The summed E-state index contributed by atoms with van der Waals surface area (Å²) in [6.45, 7) is 10.2. The Balaban J connectivity index is 1.85. The van der Waals surface area contributed by atoms with Gasteiger partial charge in [-0.3, -0.25) is 4.68 Å². The number of benzene rings is 1. The maximum atomic E-state index is 13.9. The predicted molar refractivity (Wildman–Crippen MR) is 93.2 cm³/mol. The van der Waals surface area contributed by atoms with Crippen molar-refractivity contribution < 1.29 is 13.7 Å². The van der Waals surface area contributed by atoms with Crippen molar-refractivity contribution in [2.24, 2.45) is 0 Å². The fourth-order valence-electron chi connectivity index (χ4n) is 2.65. The molecule has 7 heteroatoms. The van der Waals surface area contributed by atoms with E-state index in [1.807, 2.05) is 40.8 Å². The van der Waals surface area contributed by atoms with E-state index in [4.69, 9.17) is 20.9 Å². The summed E-state index contributed by atoms with van der Waals surface area (Å²) in [5, 5.41) is 4.97. The lowest BCUT2D eigenvalue weighted by Crippen LogP contribution is -2.41. The Kier molecular flexibility index (Phi) is 4.27. The van der Waals surface area contributed by atoms with E-state index in [0.717, 1.165) is 11.2 Å². The maximum absolute atomic E-state index is 13.9. The number of rotatable bonds is 3. The molecule has 0 atom stereocenters. The lowest BCUT2D eigenvalue weighted by molar-refractivity contribution is 0.00578. The average molecular weight is 351 g/mol. The van der Waals surface area contributed by atoms with Gasteiger partial charge in [0.2, 0.25) is 0 Å². The molecule has 0 amide bonds. The van der Waals surface area contributed by atoms with Crippen molar-refractivity contribution in [1.29, 1.82) is 0 Å². The van der Waals surface area contributed by atoms with E-state index in [2.05, 4.69) is 5.10 Å². The van der Waals surface area contributed by atoms with Crippen molar-refractivity contribution in [2.75, 3.05) is 0 Å². The van der Waals surface area contributed by atoms with E-state index in [1.165, 1.54) is 12.1 Å². The second-order valence-corrected chi connectivity index (χ2v) is 7.63. The molecule has 0 radical (unpaired) electrons. The van der Waals surface area contributed by atoms with Crippen molar-refractivity contribution in [3.8, 4) is 0 Å². The molecule has 3 rings (SSSR count). The number of hydrogen-bond donors (Lipinski definition) is 0. The highest BCUT2D eigenvalue weighted by atomic mass is 35.5. The van der Waals surface area contributed by atoms with Gasteiger partial charge < -0.3 is 9.31 Å². The fraction of sp³-hybridized carbons (Fsp3) is 0.471. The van der Waals surface area contributed by atoms with Crippen LogP contribution in [0.3, 0.4) is 0 Å². The maximum Gasteiger partial charge on any atom is 0.498 e. The zero-order chi connectivity index (χ0) is 17.7. The number of aryl methyl sites for hydroxylation is 1. The molecule has 1 aromatic heterocycles. The van der Waals surface area contributed by atoms with Crippen molar-refractivity contribution in [1.82, 2.24) is 9.78 Å². The molecule has 1 aliphatic heterocycles. The Morgan fingerprint density at radius 2 is 1.83 bits per heavy atom. The van der Waals surface area contributed by atoms with Crippen molar-refractivity contribution in [2.45, 2.75) is 52.4 Å². The van der Waals surface area contributed by atoms with Crippen molar-refractivity contribution in [3.05, 3.63) is 46.5 Å². The van der Waals surface area contributed by atoms with E-state index in [0.29, 0.717) is 17.1 Å². The van der Waals surface area contributed by atoms with Gasteiger partial charge in [0.05, 0.1) is 23.4 Å². The van der Waals surface area contributed by atoms with Gasteiger partial charge in [-0.15, -0.1) is 0 Å². The minimum atomic E-state index is -0.479. The molecular formula is C17H21BClFN2O2.